The van der Waals surface area contributed by atoms with E-state index in [0.717, 1.165) is 21.7 Å². The van der Waals surface area contributed by atoms with Gasteiger partial charge >= 0.3 is 0 Å². The summed E-state index contributed by atoms with van der Waals surface area (Å²) in [4.78, 5) is 8.17. The van der Waals surface area contributed by atoms with Gasteiger partial charge in [0.25, 0.3) is 0 Å². The molecule has 3 nitrogen and oxygen atoms in total. The van der Waals surface area contributed by atoms with Gasteiger partial charge in [0.15, 0.2) is 0 Å². The predicted molar refractivity (Wildman–Crippen MR) is 101 cm³/mol. The number of hydrogen-bond acceptors (Lipinski definition) is 4. The molecule has 0 aliphatic rings. The van der Waals surface area contributed by atoms with Crippen LogP contribution in [0.25, 0.3) is 11.0 Å². The first-order valence-corrected chi connectivity index (χ1v) is 9.48. The van der Waals surface area contributed by atoms with E-state index in [-0.39, 0.29) is 19.0 Å². The first kappa shape index (κ1) is 18.2. The second kappa shape index (κ2) is 8.17. The number of nitrogens with zero attached hydrogens (tertiary/aromatic N) is 1. The third-order valence-electron chi connectivity index (χ3n) is 3.22. The van der Waals surface area contributed by atoms with Gasteiger partial charge in [0.05, 0.1) is 15.6 Å². The van der Waals surface area contributed by atoms with Crippen molar-refractivity contribution in [3.63, 3.8) is 0 Å². The molecule has 3 aromatic rings. The fraction of sp³-hybridized carbons (Fsp3) is 0.133. The summed E-state index contributed by atoms with van der Waals surface area (Å²) in [7, 11) is 0. The highest BCUT2D eigenvalue weighted by Gasteiger charge is 2.15. The minimum absolute atomic E-state index is 0.0110. The van der Waals surface area contributed by atoms with Gasteiger partial charge in [-0.25, -0.2) is 4.98 Å². The van der Waals surface area contributed by atoms with E-state index in [0.29, 0.717) is 26.4 Å². The second-order valence-corrected chi connectivity index (χ2v) is 7.39. The van der Waals surface area contributed by atoms with E-state index in [9.17, 15) is 3.89 Å². The summed E-state index contributed by atoms with van der Waals surface area (Å²) in [6, 6.07) is 9.50. The molecule has 0 aliphatic heterocycles. The van der Waals surface area contributed by atoms with Crippen LogP contribution in [0.1, 0.15) is 11.4 Å². The number of halogens is 4. The molecular weight excluding hydrogens is 414 g/mol. The van der Waals surface area contributed by atoms with Gasteiger partial charge in [0.1, 0.15) is 17.9 Å². The first-order chi connectivity index (χ1) is 11.6. The maximum atomic E-state index is 12.0. The number of hydrogen-bond donors (Lipinski definition) is 1. The van der Waals surface area contributed by atoms with Gasteiger partial charge < -0.3 is 4.98 Å². The monoisotopic (exact) mass is 422 g/mol. The van der Waals surface area contributed by atoms with Crippen LogP contribution in [0.15, 0.2) is 35.2 Å². The molecule has 24 heavy (non-hydrogen) atoms. The largest absolute Gasteiger partial charge is 0.340 e. The molecule has 0 radical (unpaired) electrons. The summed E-state index contributed by atoms with van der Waals surface area (Å²) in [5.41, 5.74) is 2.39. The second-order valence-electron chi connectivity index (χ2n) is 4.82. The number of nitrogens with one attached hydrogen (secondary N) is 1. The number of rotatable bonds is 6. The summed E-state index contributed by atoms with van der Waals surface area (Å²) in [6.07, 6.45) is 0. The highest BCUT2D eigenvalue weighted by molar-refractivity contribution is 7.98. The molecule has 0 amide bonds. The molecule has 0 saturated carbocycles. The highest BCUT2D eigenvalue weighted by Crippen LogP contribution is 2.39. The van der Waals surface area contributed by atoms with Crippen molar-refractivity contribution in [2.24, 2.45) is 0 Å². The van der Waals surface area contributed by atoms with Crippen molar-refractivity contribution >= 4 is 70.0 Å². The summed E-state index contributed by atoms with van der Waals surface area (Å²) in [5, 5.41) is 1.51. The van der Waals surface area contributed by atoms with Crippen molar-refractivity contribution in [2.75, 3.05) is 0 Å². The maximum Gasteiger partial charge on any atom is 0.208 e. The fourth-order valence-corrected chi connectivity index (χ4v) is 3.95. The Balaban J connectivity index is 1.84. The normalized spacial score (nSPS) is 11.3. The third-order valence-corrected chi connectivity index (χ3v) is 5.76. The summed E-state index contributed by atoms with van der Waals surface area (Å²) in [5.74, 6) is 1.20. The van der Waals surface area contributed by atoms with Gasteiger partial charge in [0, 0.05) is 15.7 Å². The molecule has 0 atom stereocenters. The molecule has 0 spiro atoms. The molecule has 0 saturated heterocycles. The molecule has 0 bridgehead atoms. The molecule has 9 heteroatoms. The minimum atomic E-state index is -0.209. The Morgan fingerprint density at radius 3 is 2.58 bits per heavy atom. The molecule has 0 aliphatic carbocycles. The molecule has 1 heterocycles. The number of fused-ring (bicyclic) bond motifs is 1. The van der Waals surface area contributed by atoms with E-state index in [1.807, 2.05) is 30.3 Å². The van der Waals surface area contributed by atoms with Crippen LogP contribution < -0.4 is 0 Å². The zero-order valence-corrected chi connectivity index (χ0v) is 15.9. The topological polar surface area (TPSA) is 37.9 Å². The van der Waals surface area contributed by atoms with Crippen molar-refractivity contribution in [3.8, 4) is 0 Å². The molecule has 2 aromatic carbocycles. The average molecular weight is 424 g/mol. The highest BCUT2D eigenvalue weighted by atomic mass is 35.5. The molecule has 1 aromatic heterocycles. The lowest BCUT2D eigenvalue weighted by Crippen LogP contribution is -1.86. The van der Waals surface area contributed by atoms with Crippen LogP contribution in [-0.2, 0) is 16.5 Å². The lowest BCUT2D eigenvalue weighted by molar-refractivity contribution is 0.340. The summed E-state index contributed by atoms with van der Waals surface area (Å²) >= 11 is 19.9. The molecule has 1 N–H and O–H groups in total. The van der Waals surface area contributed by atoms with Crippen LogP contribution in [0.3, 0.4) is 0 Å². The zero-order valence-electron chi connectivity index (χ0n) is 12.0. The molecule has 0 unspecified atom stereocenters. The average Bonchev–Trinajstić information content (AvgIpc) is 2.99. The van der Waals surface area contributed by atoms with Crippen LogP contribution in [0.5, 0.6) is 0 Å². The van der Waals surface area contributed by atoms with Crippen molar-refractivity contribution in [3.05, 3.63) is 56.8 Å². The number of imidazole rings is 1. The van der Waals surface area contributed by atoms with E-state index in [1.54, 1.807) is 11.8 Å². The molecule has 126 valence electrons. The molecule has 0 fully saturated rings. The van der Waals surface area contributed by atoms with E-state index < -0.39 is 0 Å². The Hall–Kier alpha value is -0.630. The van der Waals surface area contributed by atoms with Crippen molar-refractivity contribution in [2.45, 2.75) is 17.3 Å². The van der Waals surface area contributed by atoms with Gasteiger partial charge in [-0.2, -0.15) is 0 Å². The van der Waals surface area contributed by atoms with Crippen LogP contribution >= 0.6 is 59.0 Å². The van der Waals surface area contributed by atoms with Crippen molar-refractivity contribution in [1.82, 2.24) is 9.97 Å². The molecular formula is C15H10Cl3FN2OS2. The smallest absolute Gasteiger partial charge is 0.208 e. The van der Waals surface area contributed by atoms with Gasteiger partial charge in [0.2, 0.25) is 12.4 Å². The van der Waals surface area contributed by atoms with Gasteiger partial charge in [-0.1, -0.05) is 46.9 Å². The Labute approximate surface area is 161 Å². The van der Waals surface area contributed by atoms with E-state index in [2.05, 4.69) is 14.2 Å². The Morgan fingerprint density at radius 1 is 1.12 bits per heavy atom. The van der Waals surface area contributed by atoms with Crippen LogP contribution in [0.2, 0.25) is 15.1 Å². The van der Waals surface area contributed by atoms with Crippen LogP contribution in [0.4, 0.5) is 3.89 Å². The van der Waals surface area contributed by atoms with Crippen LogP contribution in [-0.4, -0.2) is 9.97 Å². The first-order valence-electron chi connectivity index (χ1n) is 6.72. The van der Waals surface area contributed by atoms with E-state index >= 15 is 0 Å². The predicted octanol–water partition coefficient (Wildman–Crippen LogP) is 6.86. The van der Waals surface area contributed by atoms with Crippen molar-refractivity contribution < 1.29 is 8.07 Å². The lowest BCUT2D eigenvalue weighted by Gasteiger charge is -2.07. The Bertz CT molecular complexity index is 858. The number of H-pyrrole nitrogens is 1. The van der Waals surface area contributed by atoms with Gasteiger partial charge in [-0.15, -0.1) is 15.6 Å². The Morgan fingerprint density at radius 2 is 1.88 bits per heavy atom. The standard InChI is InChI=1S/C15H10Cl3FN2OS2/c16-9-3-1-8(2-4-9)7-23-11-5-10-15(14(18)13(11)17)21-12(20-10)6-22-24-19/h1-5H,6-7H2,(H,20,21). The summed E-state index contributed by atoms with van der Waals surface area (Å²) in [6.45, 7) is 0.0110. The zero-order chi connectivity index (χ0) is 17.1. The number of benzene rings is 2. The minimum Gasteiger partial charge on any atom is -0.340 e. The number of aromatic nitrogens is 2. The van der Waals surface area contributed by atoms with Gasteiger partial charge in [-0.05, 0) is 23.8 Å². The lowest BCUT2D eigenvalue weighted by atomic mass is 10.2. The SMILES string of the molecule is FSOCc1nc2c(Cl)c(Cl)c(SCc3ccc(Cl)cc3)cc2[nH]1. The molecule has 3 rings (SSSR count). The Kier molecular flexibility index (Phi) is 6.18. The van der Waals surface area contributed by atoms with Crippen molar-refractivity contribution in [1.29, 1.82) is 0 Å². The maximum absolute atomic E-state index is 12.0. The fourth-order valence-electron chi connectivity index (χ4n) is 2.11. The number of thioether (sulfide) groups is 1. The summed E-state index contributed by atoms with van der Waals surface area (Å²) < 4.78 is 16.7. The van der Waals surface area contributed by atoms with Gasteiger partial charge in [-0.3, -0.25) is 4.18 Å². The van der Waals surface area contributed by atoms with E-state index in [4.69, 9.17) is 34.8 Å². The van der Waals surface area contributed by atoms with E-state index in [1.165, 1.54) is 0 Å². The number of aromatic amines is 1. The third kappa shape index (κ3) is 4.12. The van der Waals surface area contributed by atoms with Crippen LogP contribution in [0, 0.1) is 0 Å². The quantitative estimate of drug-likeness (QED) is 0.347.